The molecule has 3 aromatic rings. The highest BCUT2D eigenvalue weighted by Gasteiger charge is 2.38. The molecule has 1 unspecified atom stereocenters. The second-order valence-corrected chi connectivity index (χ2v) is 9.78. The minimum absolute atomic E-state index is 0.0129. The van der Waals surface area contributed by atoms with Crippen molar-refractivity contribution in [2.45, 2.75) is 46.2 Å². The quantitative estimate of drug-likeness (QED) is 0.436. The van der Waals surface area contributed by atoms with Crippen LogP contribution in [0.5, 0.6) is 11.5 Å². The number of benzene rings is 2. The van der Waals surface area contributed by atoms with E-state index in [9.17, 15) is 9.59 Å². The Balaban J connectivity index is 1.86. The molecule has 4 rings (SSSR count). The first kappa shape index (κ1) is 25.4. The summed E-state index contributed by atoms with van der Waals surface area (Å²) in [6.45, 7) is 7.91. The van der Waals surface area contributed by atoms with Crippen molar-refractivity contribution in [1.29, 1.82) is 0 Å². The van der Waals surface area contributed by atoms with Gasteiger partial charge in [0.1, 0.15) is 24.1 Å². The standard InChI is InChI=1S/C29H35N3O4/c1-19(2)16-27(33)31(20(3)4)18-28(34)32-24-11-8-7-10-23(24)30-15-9-12-25(30)29(32)22-17-21(35-5)13-14-26(22)36-6/h7-15,17,19-20,29H,16,18H2,1-6H3. The molecule has 2 aromatic carbocycles. The minimum Gasteiger partial charge on any atom is -0.497 e. The van der Waals surface area contributed by atoms with Gasteiger partial charge < -0.3 is 18.9 Å². The lowest BCUT2D eigenvalue weighted by atomic mass is 9.96. The summed E-state index contributed by atoms with van der Waals surface area (Å²) in [7, 11) is 3.24. The zero-order chi connectivity index (χ0) is 26.0. The molecule has 1 aliphatic rings. The summed E-state index contributed by atoms with van der Waals surface area (Å²) in [5, 5.41) is 0. The monoisotopic (exact) mass is 489 g/mol. The summed E-state index contributed by atoms with van der Waals surface area (Å²) in [5.41, 5.74) is 3.43. The molecule has 0 spiro atoms. The number of rotatable bonds is 8. The van der Waals surface area contributed by atoms with Gasteiger partial charge in [0.2, 0.25) is 11.8 Å². The van der Waals surface area contributed by atoms with Crippen molar-refractivity contribution in [2.24, 2.45) is 5.92 Å². The van der Waals surface area contributed by atoms with Crippen LogP contribution in [0, 0.1) is 5.92 Å². The van der Waals surface area contributed by atoms with Gasteiger partial charge in [-0.2, -0.15) is 0 Å². The van der Waals surface area contributed by atoms with E-state index >= 15 is 0 Å². The third kappa shape index (κ3) is 4.70. The summed E-state index contributed by atoms with van der Waals surface area (Å²) in [6.07, 6.45) is 2.40. The summed E-state index contributed by atoms with van der Waals surface area (Å²) in [6, 6.07) is 16.9. The van der Waals surface area contributed by atoms with Gasteiger partial charge in [0.25, 0.3) is 0 Å². The fourth-order valence-corrected chi connectivity index (χ4v) is 4.86. The number of anilines is 1. The lowest BCUT2D eigenvalue weighted by Crippen LogP contribution is -2.48. The van der Waals surface area contributed by atoms with Crippen molar-refractivity contribution in [3.05, 3.63) is 72.1 Å². The predicted octanol–water partition coefficient (Wildman–Crippen LogP) is 5.21. The Labute approximate surface area is 213 Å². The van der Waals surface area contributed by atoms with Gasteiger partial charge in [0, 0.05) is 24.2 Å². The third-order valence-corrected chi connectivity index (χ3v) is 6.55. The Bertz CT molecular complexity index is 1250. The summed E-state index contributed by atoms with van der Waals surface area (Å²) < 4.78 is 13.4. The van der Waals surface area contributed by atoms with Crippen LogP contribution in [0.25, 0.3) is 5.69 Å². The SMILES string of the molecule is COc1ccc(OC)c(C2c3cccn3-c3ccccc3N2C(=O)CN(C(=O)CC(C)C)C(C)C)c1. The Morgan fingerprint density at radius 1 is 0.944 bits per heavy atom. The van der Waals surface area contributed by atoms with E-state index in [-0.39, 0.29) is 30.3 Å². The van der Waals surface area contributed by atoms with Crippen LogP contribution in [0.1, 0.15) is 51.4 Å². The molecule has 2 amide bonds. The average molecular weight is 490 g/mol. The number of methoxy groups -OCH3 is 2. The molecule has 36 heavy (non-hydrogen) atoms. The Hall–Kier alpha value is -3.74. The van der Waals surface area contributed by atoms with E-state index in [1.165, 1.54) is 0 Å². The van der Waals surface area contributed by atoms with Crippen molar-refractivity contribution in [2.75, 3.05) is 25.7 Å². The number of nitrogens with zero attached hydrogens (tertiary/aromatic N) is 3. The molecule has 1 aromatic heterocycles. The van der Waals surface area contributed by atoms with Gasteiger partial charge in [0.05, 0.1) is 31.3 Å². The van der Waals surface area contributed by atoms with Crippen LogP contribution in [0.3, 0.4) is 0 Å². The number of fused-ring (bicyclic) bond motifs is 3. The maximum Gasteiger partial charge on any atom is 0.247 e. The van der Waals surface area contributed by atoms with Crippen LogP contribution in [-0.4, -0.2) is 48.1 Å². The molecule has 7 nitrogen and oxygen atoms in total. The van der Waals surface area contributed by atoms with Crippen LogP contribution in [0.15, 0.2) is 60.8 Å². The minimum atomic E-state index is -0.471. The van der Waals surface area contributed by atoms with Gasteiger partial charge in [-0.05, 0) is 62.2 Å². The van der Waals surface area contributed by atoms with E-state index in [0.717, 1.165) is 22.6 Å². The van der Waals surface area contributed by atoms with E-state index in [2.05, 4.69) is 4.57 Å². The molecule has 190 valence electrons. The molecule has 0 aliphatic carbocycles. The van der Waals surface area contributed by atoms with E-state index < -0.39 is 6.04 Å². The van der Waals surface area contributed by atoms with Crippen molar-refractivity contribution in [3.63, 3.8) is 0 Å². The second kappa shape index (κ2) is 10.5. The van der Waals surface area contributed by atoms with Crippen molar-refractivity contribution in [3.8, 4) is 17.2 Å². The molecule has 0 bridgehead atoms. The molecular weight excluding hydrogens is 454 g/mol. The summed E-state index contributed by atoms with van der Waals surface area (Å²) in [5.74, 6) is 1.36. The molecule has 2 heterocycles. The molecule has 7 heteroatoms. The normalized spacial score (nSPS) is 14.4. The summed E-state index contributed by atoms with van der Waals surface area (Å²) in [4.78, 5) is 30.7. The molecule has 0 fully saturated rings. The number of aromatic nitrogens is 1. The lowest BCUT2D eigenvalue weighted by Gasteiger charge is -2.40. The van der Waals surface area contributed by atoms with Gasteiger partial charge in [-0.25, -0.2) is 0 Å². The van der Waals surface area contributed by atoms with Crippen LogP contribution in [-0.2, 0) is 9.59 Å². The molecule has 0 saturated heterocycles. The number of carbonyl (C=O) groups excluding carboxylic acids is 2. The summed E-state index contributed by atoms with van der Waals surface area (Å²) >= 11 is 0. The Kier molecular flexibility index (Phi) is 7.38. The van der Waals surface area contributed by atoms with Gasteiger partial charge in [-0.15, -0.1) is 0 Å². The first-order valence-corrected chi connectivity index (χ1v) is 12.4. The fraction of sp³-hybridized carbons (Fsp3) is 0.379. The maximum absolute atomic E-state index is 14.2. The zero-order valence-corrected chi connectivity index (χ0v) is 21.9. The highest BCUT2D eigenvalue weighted by Crippen LogP contribution is 2.45. The van der Waals surface area contributed by atoms with E-state index in [1.54, 1.807) is 24.0 Å². The van der Waals surface area contributed by atoms with Gasteiger partial charge in [-0.1, -0.05) is 26.0 Å². The Morgan fingerprint density at radius 2 is 1.67 bits per heavy atom. The second-order valence-electron chi connectivity index (χ2n) is 9.78. The van der Waals surface area contributed by atoms with Crippen molar-refractivity contribution >= 4 is 17.5 Å². The smallest absolute Gasteiger partial charge is 0.247 e. The first-order valence-electron chi connectivity index (χ1n) is 12.4. The van der Waals surface area contributed by atoms with E-state index in [0.29, 0.717) is 17.9 Å². The maximum atomic E-state index is 14.2. The number of ether oxygens (including phenoxy) is 2. The van der Waals surface area contributed by atoms with Gasteiger partial charge in [-0.3, -0.25) is 14.5 Å². The van der Waals surface area contributed by atoms with Crippen molar-refractivity contribution in [1.82, 2.24) is 9.47 Å². The number of amides is 2. The average Bonchev–Trinajstić information content (AvgIpc) is 3.35. The topological polar surface area (TPSA) is 64.0 Å². The van der Waals surface area contributed by atoms with Gasteiger partial charge in [0.15, 0.2) is 0 Å². The van der Waals surface area contributed by atoms with Gasteiger partial charge >= 0.3 is 0 Å². The van der Waals surface area contributed by atoms with Crippen LogP contribution in [0.4, 0.5) is 5.69 Å². The number of carbonyl (C=O) groups is 2. The Morgan fingerprint density at radius 3 is 2.31 bits per heavy atom. The number of hydrogen-bond donors (Lipinski definition) is 0. The van der Waals surface area contributed by atoms with E-state index in [4.69, 9.17) is 9.47 Å². The molecule has 0 saturated carbocycles. The van der Waals surface area contributed by atoms with E-state index in [1.807, 2.05) is 88.5 Å². The largest absolute Gasteiger partial charge is 0.497 e. The van der Waals surface area contributed by atoms with Crippen LogP contribution in [0.2, 0.25) is 0 Å². The lowest BCUT2D eigenvalue weighted by molar-refractivity contribution is -0.137. The predicted molar refractivity (Wildman–Crippen MR) is 141 cm³/mol. The highest BCUT2D eigenvalue weighted by molar-refractivity contribution is 6.00. The van der Waals surface area contributed by atoms with Crippen molar-refractivity contribution < 1.29 is 19.1 Å². The number of hydrogen-bond acceptors (Lipinski definition) is 4. The molecular formula is C29H35N3O4. The molecule has 1 atom stereocenters. The fourth-order valence-electron chi connectivity index (χ4n) is 4.86. The van der Waals surface area contributed by atoms with Crippen LogP contribution < -0.4 is 14.4 Å². The third-order valence-electron chi connectivity index (χ3n) is 6.55. The molecule has 0 radical (unpaired) electrons. The van der Waals surface area contributed by atoms with Crippen LogP contribution >= 0.6 is 0 Å². The number of para-hydroxylation sites is 2. The zero-order valence-electron chi connectivity index (χ0n) is 21.9. The highest BCUT2D eigenvalue weighted by atomic mass is 16.5. The first-order chi connectivity index (χ1) is 17.3. The molecule has 1 aliphatic heterocycles. The molecule has 0 N–H and O–H groups in total.